The highest BCUT2D eigenvalue weighted by Gasteiger charge is 2.33. The van der Waals surface area contributed by atoms with Crippen LogP contribution in [0.1, 0.15) is 31.9 Å². The SMILES string of the molecule is Cc1ccc(OP(=O)(NC(C)(C)C)Oc2ccc(C)cc2)cc1. The zero-order valence-corrected chi connectivity index (χ0v) is 15.2. The van der Waals surface area contributed by atoms with Gasteiger partial charge in [-0.1, -0.05) is 35.4 Å². The van der Waals surface area contributed by atoms with Gasteiger partial charge >= 0.3 is 7.75 Å². The van der Waals surface area contributed by atoms with Gasteiger partial charge in [-0.05, 0) is 58.9 Å². The van der Waals surface area contributed by atoms with Crippen LogP contribution in [0.15, 0.2) is 48.5 Å². The first-order chi connectivity index (χ1) is 10.7. The van der Waals surface area contributed by atoms with Crippen molar-refractivity contribution in [1.82, 2.24) is 5.09 Å². The van der Waals surface area contributed by atoms with Crippen LogP contribution in [-0.2, 0) is 4.57 Å². The minimum Gasteiger partial charge on any atom is -0.405 e. The molecule has 0 amide bonds. The number of benzene rings is 2. The van der Waals surface area contributed by atoms with Gasteiger partial charge in [-0.3, -0.25) is 0 Å². The molecule has 4 nitrogen and oxygen atoms in total. The van der Waals surface area contributed by atoms with Crippen molar-refractivity contribution in [2.24, 2.45) is 0 Å². The maximum atomic E-state index is 13.2. The first-order valence-electron chi connectivity index (χ1n) is 7.57. The summed E-state index contributed by atoms with van der Waals surface area (Å²) in [5.74, 6) is 1.01. The van der Waals surface area contributed by atoms with Crippen molar-refractivity contribution in [3.8, 4) is 11.5 Å². The average Bonchev–Trinajstić information content (AvgIpc) is 2.42. The van der Waals surface area contributed by atoms with Gasteiger partial charge in [0.15, 0.2) is 0 Å². The second-order valence-electron chi connectivity index (χ2n) is 6.67. The molecule has 2 rings (SSSR count). The smallest absolute Gasteiger partial charge is 0.405 e. The molecule has 0 heterocycles. The van der Waals surface area contributed by atoms with Crippen LogP contribution < -0.4 is 14.1 Å². The summed E-state index contributed by atoms with van der Waals surface area (Å²) in [4.78, 5) is 0. The quantitative estimate of drug-likeness (QED) is 0.759. The van der Waals surface area contributed by atoms with Gasteiger partial charge in [-0.15, -0.1) is 0 Å². The van der Waals surface area contributed by atoms with Gasteiger partial charge in [0.25, 0.3) is 0 Å². The molecule has 0 aliphatic heterocycles. The van der Waals surface area contributed by atoms with Crippen LogP contribution in [0.4, 0.5) is 0 Å². The molecular formula is C18H24NO3P. The minimum absolute atomic E-state index is 0.426. The van der Waals surface area contributed by atoms with Crippen molar-refractivity contribution < 1.29 is 13.6 Å². The van der Waals surface area contributed by atoms with Crippen LogP contribution in [0.5, 0.6) is 11.5 Å². The number of aryl methyl sites for hydroxylation is 2. The predicted octanol–water partition coefficient (Wildman–Crippen LogP) is 5.26. The van der Waals surface area contributed by atoms with E-state index in [2.05, 4.69) is 5.09 Å². The maximum Gasteiger partial charge on any atom is 0.513 e. The first kappa shape index (κ1) is 17.6. The second kappa shape index (κ2) is 6.77. The Morgan fingerprint density at radius 2 is 1.13 bits per heavy atom. The summed E-state index contributed by atoms with van der Waals surface area (Å²) >= 11 is 0. The zero-order valence-electron chi connectivity index (χ0n) is 14.3. The molecule has 0 aromatic heterocycles. The highest BCUT2D eigenvalue weighted by Crippen LogP contribution is 2.46. The van der Waals surface area contributed by atoms with E-state index in [1.165, 1.54) is 0 Å². The van der Waals surface area contributed by atoms with Crippen LogP contribution in [0, 0.1) is 13.8 Å². The Kier molecular flexibility index (Phi) is 5.18. The lowest BCUT2D eigenvalue weighted by Crippen LogP contribution is -2.36. The summed E-state index contributed by atoms with van der Waals surface area (Å²) in [5, 5.41) is 2.97. The molecule has 0 radical (unpaired) electrons. The molecule has 0 spiro atoms. The van der Waals surface area contributed by atoms with Crippen molar-refractivity contribution in [3.63, 3.8) is 0 Å². The number of hydrogen-bond donors (Lipinski definition) is 1. The Balaban J connectivity index is 2.25. The molecule has 2 aromatic carbocycles. The van der Waals surface area contributed by atoms with Gasteiger partial charge in [0.1, 0.15) is 11.5 Å². The van der Waals surface area contributed by atoms with E-state index < -0.39 is 13.3 Å². The molecule has 124 valence electrons. The molecule has 1 N–H and O–H groups in total. The van der Waals surface area contributed by atoms with Crippen molar-refractivity contribution in [1.29, 1.82) is 0 Å². The van der Waals surface area contributed by atoms with Gasteiger partial charge in [-0.2, -0.15) is 5.09 Å². The van der Waals surface area contributed by atoms with E-state index in [9.17, 15) is 4.57 Å². The summed E-state index contributed by atoms with van der Waals surface area (Å²) in [6.45, 7) is 9.71. The molecule has 0 aliphatic rings. The minimum atomic E-state index is -3.56. The van der Waals surface area contributed by atoms with E-state index in [0.29, 0.717) is 11.5 Å². The molecule has 5 heteroatoms. The van der Waals surface area contributed by atoms with Crippen molar-refractivity contribution in [3.05, 3.63) is 59.7 Å². The lowest BCUT2D eigenvalue weighted by atomic mass is 10.1. The second-order valence-corrected chi connectivity index (χ2v) is 8.25. The van der Waals surface area contributed by atoms with Gasteiger partial charge in [0.05, 0.1) is 0 Å². The fraction of sp³-hybridized carbons (Fsp3) is 0.333. The number of nitrogens with one attached hydrogen (secondary N) is 1. The fourth-order valence-corrected chi connectivity index (χ4v) is 3.70. The van der Waals surface area contributed by atoms with E-state index >= 15 is 0 Å². The molecule has 0 bridgehead atoms. The Hall–Kier alpha value is -1.77. The summed E-state index contributed by atoms with van der Waals surface area (Å²) in [6.07, 6.45) is 0. The summed E-state index contributed by atoms with van der Waals surface area (Å²) in [7, 11) is -3.56. The highest BCUT2D eigenvalue weighted by atomic mass is 31.2. The summed E-state index contributed by atoms with van der Waals surface area (Å²) < 4.78 is 24.6. The summed E-state index contributed by atoms with van der Waals surface area (Å²) in [6, 6.07) is 14.8. The highest BCUT2D eigenvalue weighted by molar-refractivity contribution is 7.52. The van der Waals surface area contributed by atoms with Crippen LogP contribution >= 0.6 is 7.75 Å². The molecule has 0 aliphatic carbocycles. The maximum absolute atomic E-state index is 13.2. The molecule has 23 heavy (non-hydrogen) atoms. The third-order valence-electron chi connectivity index (χ3n) is 2.97. The van der Waals surface area contributed by atoms with E-state index in [0.717, 1.165) is 11.1 Å². The largest absolute Gasteiger partial charge is 0.513 e. The van der Waals surface area contributed by atoms with Gasteiger partial charge in [0, 0.05) is 5.54 Å². The van der Waals surface area contributed by atoms with Gasteiger partial charge in [0.2, 0.25) is 0 Å². The van der Waals surface area contributed by atoms with Gasteiger partial charge < -0.3 is 9.05 Å². The monoisotopic (exact) mass is 333 g/mol. The van der Waals surface area contributed by atoms with E-state index in [1.54, 1.807) is 24.3 Å². The number of hydrogen-bond acceptors (Lipinski definition) is 3. The topological polar surface area (TPSA) is 47.6 Å². The lowest BCUT2D eigenvalue weighted by Gasteiger charge is -2.27. The van der Waals surface area contributed by atoms with Crippen LogP contribution in [-0.4, -0.2) is 5.54 Å². The van der Waals surface area contributed by atoms with Crippen molar-refractivity contribution in [2.75, 3.05) is 0 Å². The number of rotatable bonds is 5. The molecule has 0 saturated carbocycles. The van der Waals surface area contributed by atoms with E-state index in [4.69, 9.17) is 9.05 Å². The Bertz CT molecular complexity index is 636. The van der Waals surface area contributed by atoms with Crippen molar-refractivity contribution in [2.45, 2.75) is 40.2 Å². The third kappa shape index (κ3) is 5.74. The van der Waals surface area contributed by atoms with E-state index in [-0.39, 0.29) is 0 Å². The van der Waals surface area contributed by atoms with Crippen molar-refractivity contribution >= 4 is 7.75 Å². The lowest BCUT2D eigenvalue weighted by molar-refractivity contribution is 0.344. The fourth-order valence-electron chi connectivity index (χ4n) is 1.95. The standard InChI is InChI=1S/C18H24NO3P/c1-14-6-10-16(11-7-14)21-23(20,19-18(3,4)5)22-17-12-8-15(2)9-13-17/h6-13H,1-5H3,(H,19,20). The zero-order chi connectivity index (χ0) is 17.1. The molecule has 2 aromatic rings. The van der Waals surface area contributed by atoms with Crippen LogP contribution in [0.3, 0.4) is 0 Å². The van der Waals surface area contributed by atoms with E-state index in [1.807, 2.05) is 58.9 Å². The Morgan fingerprint density at radius 1 is 0.783 bits per heavy atom. The van der Waals surface area contributed by atoms with Crippen LogP contribution in [0.2, 0.25) is 0 Å². The molecule has 0 atom stereocenters. The predicted molar refractivity (Wildman–Crippen MR) is 94.1 cm³/mol. The average molecular weight is 333 g/mol. The summed E-state index contributed by atoms with van der Waals surface area (Å²) in [5.41, 5.74) is 1.79. The van der Waals surface area contributed by atoms with Crippen LogP contribution in [0.25, 0.3) is 0 Å². The molecular weight excluding hydrogens is 309 g/mol. The Morgan fingerprint density at radius 3 is 1.43 bits per heavy atom. The third-order valence-corrected chi connectivity index (χ3v) is 4.81. The molecule has 0 fully saturated rings. The normalized spacial score (nSPS) is 12.0. The molecule has 0 saturated heterocycles. The Labute approximate surface area is 138 Å². The first-order valence-corrected chi connectivity index (χ1v) is 9.11. The van der Waals surface area contributed by atoms with Gasteiger partial charge in [-0.25, -0.2) is 4.57 Å². The molecule has 0 unspecified atom stereocenters.